The Labute approximate surface area is 157 Å². The predicted octanol–water partition coefficient (Wildman–Crippen LogP) is 1.68. The number of carbonyl (C=O) groups excluding carboxylic acids is 1. The summed E-state index contributed by atoms with van der Waals surface area (Å²) in [6.07, 6.45) is 0.294. The molecule has 6 nitrogen and oxygen atoms in total. The number of hydrogen-bond donors (Lipinski definition) is 1. The van der Waals surface area contributed by atoms with Crippen LogP contribution < -0.4 is 11.4 Å². The monoisotopic (exact) mass is 364 g/mol. The van der Waals surface area contributed by atoms with E-state index in [1.807, 2.05) is 47.4 Å². The lowest BCUT2D eigenvalue weighted by Gasteiger charge is -2.16. The van der Waals surface area contributed by atoms with Gasteiger partial charge in [-0.05, 0) is 17.7 Å². The zero-order chi connectivity index (χ0) is 19.0. The molecule has 2 atom stereocenters. The Bertz CT molecular complexity index is 1020. The van der Waals surface area contributed by atoms with Crippen molar-refractivity contribution in [3.8, 4) is 0 Å². The van der Waals surface area contributed by atoms with Crippen LogP contribution in [0, 0.1) is 0 Å². The van der Waals surface area contributed by atoms with Crippen LogP contribution in [0.4, 0.5) is 0 Å². The van der Waals surface area contributed by atoms with Crippen molar-refractivity contribution in [3.05, 3.63) is 70.6 Å². The molecule has 140 valence electrons. The van der Waals surface area contributed by atoms with Gasteiger partial charge in [0, 0.05) is 45.1 Å². The molecule has 1 aliphatic rings. The van der Waals surface area contributed by atoms with Crippen LogP contribution in [0.3, 0.4) is 0 Å². The molecule has 1 aliphatic heterocycles. The zero-order valence-electron chi connectivity index (χ0n) is 15.4. The first-order valence-electron chi connectivity index (χ1n) is 9.29. The van der Waals surface area contributed by atoms with Gasteiger partial charge in [0.1, 0.15) is 0 Å². The van der Waals surface area contributed by atoms with Gasteiger partial charge >= 0.3 is 5.69 Å². The third-order valence-electron chi connectivity index (χ3n) is 5.55. The predicted molar refractivity (Wildman–Crippen MR) is 106 cm³/mol. The number of nitrogens with zero attached hydrogens (tertiary/aromatic N) is 3. The van der Waals surface area contributed by atoms with E-state index in [0.29, 0.717) is 26.1 Å². The van der Waals surface area contributed by atoms with Gasteiger partial charge in [-0.1, -0.05) is 42.5 Å². The van der Waals surface area contributed by atoms with E-state index in [-0.39, 0.29) is 23.6 Å². The van der Waals surface area contributed by atoms with Gasteiger partial charge in [0.2, 0.25) is 5.91 Å². The first kappa shape index (κ1) is 17.5. The summed E-state index contributed by atoms with van der Waals surface area (Å²) in [7, 11) is 1.76. The zero-order valence-corrected chi connectivity index (χ0v) is 15.4. The van der Waals surface area contributed by atoms with E-state index in [0.717, 1.165) is 11.0 Å². The largest absolute Gasteiger partial charge is 0.340 e. The van der Waals surface area contributed by atoms with Crippen LogP contribution in [-0.4, -0.2) is 39.1 Å². The van der Waals surface area contributed by atoms with Gasteiger partial charge in [0.15, 0.2) is 0 Å². The summed E-state index contributed by atoms with van der Waals surface area (Å²) in [5, 5.41) is 0. The lowest BCUT2D eigenvalue weighted by Crippen LogP contribution is -2.33. The molecule has 1 aromatic heterocycles. The van der Waals surface area contributed by atoms with E-state index in [1.54, 1.807) is 16.2 Å². The molecule has 4 rings (SSSR count). The molecule has 1 fully saturated rings. The molecule has 0 radical (unpaired) electrons. The number of aryl methyl sites for hydroxylation is 2. The van der Waals surface area contributed by atoms with Crippen molar-refractivity contribution >= 4 is 16.9 Å². The molecule has 2 N–H and O–H groups in total. The van der Waals surface area contributed by atoms with Crippen LogP contribution in [0.25, 0.3) is 11.0 Å². The minimum absolute atomic E-state index is 0.0451. The third kappa shape index (κ3) is 3.17. The molecule has 3 aromatic rings. The van der Waals surface area contributed by atoms with Gasteiger partial charge in [-0.2, -0.15) is 0 Å². The van der Waals surface area contributed by atoms with Gasteiger partial charge in [0.05, 0.1) is 11.0 Å². The average Bonchev–Trinajstić information content (AvgIpc) is 3.20. The van der Waals surface area contributed by atoms with Gasteiger partial charge in [-0.25, -0.2) is 4.79 Å². The number of nitrogens with two attached hydrogens (primary N) is 1. The number of benzene rings is 2. The second-order valence-corrected chi connectivity index (χ2v) is 7.21. The molecule has 1 amide bonds. The Hall–Kier alpha value is -2.86. The molecule has 0 saturated carbocycles. The maximum absolute atomic E-state index is 12.7. The summed E-state index contributed by atoms with van der Waals surface area (Å²) in [5.41, 5.74) is 9.11. The van der Waals surface area contributed by atoms with Gasteiger partial charge in [-0.3, -0.25) is 13.9 Å². The number of imidazole rings is 1. The molecule has 2 heterocycles. The first-order valence-corrected chi connectivity index (χ1v) is 9.29. The fourth-order valence-electron chi connectivity index (χ4n) is 4.03. The summed E-state index contributed by atoms with van der Waals surface area (Å²) >= 11 is 0. The maximum atomic E-state index is 12.7. The minimum Gasteiger partial charge on any atom is -0.340 e. The number of rotatable bonds is 4. The Balaban J connectivity index is 1.47. The van der Waals surface area contributed by atoms with E-state index < -0.39 is 0 Å². The van der Waals surface area contributed by atoms with Crippen molar-refractivity contribution in [3.63, 3.8) is 0 Å². The van der Waals surface area contributed by atoms with Crippen molar-refractivity contribution < 1.29 is 4.79 Å². The number of hydrogen-bond acceptors (Lipinski definition) is 3. The number of aromatic nitrogens is 2. The Morgan fingerprint density at radius 3 is 2.44 bits per heavy atom. The first-order chi connectivity index (χ1) is 13.1. The second kappa shape index (κ2) is 7.04. The van der Waals surface area contributed by atoms with Crippen molar-refractivity contribution in [1.82, 2.24) is 14.0 Å². The SMILES string of the molecule is Cn1c(=O)n(CCC(=O)N2C[C@@H](N)[C@H](c3ccccc3)C2)c2ccccc21. The van der Waals surface area contributed by atoms with Crippen LogP contribution in [0.15, 0.2) is 59.4 Å². The lowest BCUT2D eigenvalue weighted by atomic mass is 9.95. The molecule has 0 aliphatic carbocycles. The fourth-order valence-corrected chi connectivity index (χ4v) is 4.03. The van der Waals surface area contributed by atoms with Crippen LogP contribution in [-0.2, 0) is 18.4 Å². The normalized spacial score (nSPS) is 19.7. The molecule has 27 heavy (non-hydrogen) atoms. The highest BCUT2D eigenvalue weighted by atomic mass is 16.2. The van der Waals surface area contributed by atoms with Crippen LogP contribution in [0.2, 0.25) is 0 Å². The molecule has 0 spiro atoms. The van der Waals surface area contributed by atoms with Crippen LogP contribution in [0.1, 0.15) is 17.9 Å². The molecule has 0 bridgehead atoms. The number of carbonyl (C=O) groups is 1. The van der Waals surface area contributed by atoms with Crippen molar-refractivity contribution in [1.29, 1.82) is 0 Å². The molecule has 0 unspecified atom stereocenters. The van der Waals surface area contributed by atoms with Crippen molar-refractivity contribution in [2.45, 2.75) is 24.9 Å². The lowest BCUT2D eigenvalue weighted by molar-refractivity contribution is -0.130. The molecular formula is C21H24N4O2. The summed E-state index contributed by atoms with van der Waals surface area (Å²) < 4.78 is 3.30. The topological polar surface area (TPSA) is 73.3 Å². The van der Waals surface area contributed by atoms with Gasteiger partial charge in [-0.15, -0.1) is 0 Å². The Morgan fingerprint density at radius 1 is 1.04 bits per heavy atom. The van der Waals surface area contributed by atoms with E-state index in [4.69, 9.17) is 5.73 Å². The summed E-state index contributed by atoms with van der Waals surface area (Å²) in [5.74, 6) is 0.208. The molecule has 2 aromatic carbocycles. The molecule has 1 saturated heterocycles. The van der Waals surface area contributed by atoms with Crippen molar-refractivity contribution in [2.24, 2.45) is 12.8 Å². The average molecular weight is 364 g/mol. The smallest absolute Gasteiger partial charge is 0.328 e. The molecule has 6 heteroatoms. The fraction of sp³-hybridized carbons (Fsp3) is 0.333. The van der Waals surface area contributed by atoms with E-state index in [9.17, 15) is 9.59 Å². The number of likely N-dealkylation sites (tertiary alicyclic amines) is 1. The van der Waals surface area contributed by atoms with Crippen molar-refractivity contribution in [2.75, 3.05) is 13.1 Å². The van der Waals surface area contributed by atoms with E-state index in [1.165, 1.54) is 5.56 Å². The third-order valence-corrected chi connectivity index (χ3v) is 5.55. The highest BCUT2D eigenvalue weighted by Crippen LogP contribution is 2.26. The molecular weight excluding hydrogens is 340 g/mol. The summed E-state index contributed by atoms with van der Waals surface area (Å²) in [4.78, 5) is 27.1. The highest BCUT2D eigenvalue weighted by molar-refractivity contribution is 5.78. The summed E-state index contributed by atoms with van der Waals surface area (Å²) in [6, 6.07) is 17.7. The minimum atomic E-state index is -0.0933. The Kier molecular flexibility index (Phi) is 4.58. The van der Waals surface area contributed by atoms with Gasteiger partial charge < -0.3 is 10.6 Å². The summed E-state index contributed by atoms with van der Waals surface area (Å²) in [6.45, 7) is 1.57. The second-order valence-electron chi connectivity index (χ2n) is 7.21. The number of amides is 1. The van der Waals surface area contributed by atoms with E-state index in [2.05, 4.69) is 12.1 Å². The van der Waals surface area contributed by atoms with Crippen LogP contribution >= 0.6 is 0 Å². The standard InChI is InChI=1S/C21H24N4O2/c1-23-18-9-5-6-10-19(18)25(21(23)27)12-11-20(26)24-13-16(17(22)14-24)15-7-3-2-4-8-15/h2-10,16-17H,11-14,22H2,1H3/t16-,17+/m0/s1. The van der Waals surface area contributed by atoms with Crippen LogP contribution in [0.5, 0.6) is 0 Å². The van der Waals surface area contributed by atoms with Gasteiger partial charge in [0.25, 0.3) is 0 Å². The quantitative estimate of drug-likeness (QED) is 0.766. The highest BCUT2D eigenvalue weighted by Gasteiger charge is 2.33. The maximum Gasteiger partial charge on any atom is 0.328 e. The number of para-hydroxylation sites is 2. The van der Waals surface area contributed by atoms with E-state index >= 15 is 0 Å². The number of fused-ring (bicyclic) bond motifs is 1. The Morgan fingerprint density at radius 2 is 1.70 bits per heavy atom.